The summed E-state index contributed by atoms with van der Waals surface area (Å²) < 4.78 is 0. The van der Waals surface area contributed by atoms with Gasteiger partial charge >= 0.3 is 0 Å². The van der Waals surface area contributed by atoms with E-state index in [2.05, 4.69) is 79.0 Å². The molecule has 27 heavy (non-hydrogen) atoms. The van der Waals surface area contributed by atoms with Crippen LogP contribution >= 0.6 is 0 Å². The second-order valence-corrected chi connectivity index (χ2v) is 6.00. The minimum absolute atomic E-state index is 0.669. The van der Waals surface area contributed by atoms with Crippen molar-refractivity contribution in [1.29, 1.82) is 0 Å². The molecule has 0 unspecified atom stereocenters. The highest BCUT2D eigenvalue weighted by atomic mass is 14.9. The SMILES string of the molecule is C#C/C(=C\C)C(=C)NC(=C)/C=C\C(=C/C)c1cccc(-c2ccccc2)c1. The maximum Gasteiger partial charge on any atom is 0.0466 e. The second-order valence-electron chi connectivity index (χ2n) is 6.00. The minimum atomic E-state index is 0.669. The van der Waals surface area contributed by atoms with Gasteiger partial charge in [-0.25, -0.2) is 0 Å². The van der Waals surface area contributed by atoms with Gasteiger partial charge in [-0.3, -0.25) is 0 Å². The number of benzene rings is 2. The van der Waals surface area contributed by atoms with Crippen LogP contribution in [-0.4, -0.2) is 0 Å². The van der Waals surface area contributed by atoms with Gasteiger partial charge in [-0.1, -0.05) is 85.8 Å². The lowest BCUT2D eigenvalue weighted by Crippen LogP contribution is -2.10. The molecule has 0 aromatic heterocycles. The van der Waals surface area contributed by atoms with Crippen LogP contribution in [0, 0.1) is 12.3 Å². The fourth-order valence-electron chi connectivity index (χ4n) is 2.71. The third-order valence-electron chi connectivity index (χ3n) is 4.16. The smallest absolute Gasteiger partial charge is 0.0466 e. The molecule has 2 rings (SSSR count). The molecule has 0 radical (unpaired) electrons. The predicted molar refractivity (Wildman–Crippen MR) is 119 cm³/mol. The zero-order chi connectivity index (χ0) is 19.6. The molecule has 0 saturated carbocycles. The van der Waals surface area contributed by atoms with E-state index in [0.29, 0.717) is 5.70 Å². The highest BCUT2D eigenvalue weighted by Gasteiger charge is 2.02. The van der Waals surface area contributed by atoms with Gasteiger partial charge in [0.05, 0.1) is 0 Å². The van der Waals surface area contributed by atoms with E-state index in [1.54, 1.807) is 0 Å². The number of rotatable bonds is 7. The average Bonchev–Trinajstić information content (AvgIpc) is 2.70. The van der Waals surface area contributed by atoms with Crippen LogP contribution in [0.5, 0.6) is 0 Å². The first-order chi connectivity index (χ1) is 13.1. The molecule has 0 bridgehead atoms. The summed E-state index contributed by atoms with van der Waals surface area (Å²) in [4.78, 5) is 0. The van der Waals surface area contributed by atoms with Crippen molar-refractivity contribution in [3.05, 3.63) is 115 Å². The summed E-state index contributed by atoms with van der Waals surface area (Å²) in [5, 5.41) is 3.14. The lowest BCUT2D eigenvalue weighted by atomic mass is 9.98. The average molecular weight is 351 g/mol. The monoisotopic (exact) mass is 351 g/mol. The molecule has 0 atom stereocenters. The zero-order valence-corrected chi connectivity index (χ0v) is 16.0. The highest BCUT2D eigenvalue weighted by Crippen LogP contribution is 2.24. The standard InChI is InChI=1S/C26H25N/c1-6-22(7-2)21(5)27-20(4)17-18-23(8-3)25-15-12-16-26(19-25)24-13-10-9-11-14-24/h1,7-19,27H,4-5H2,2-3H3/b18-17-,22-7+,23-8+. The Labute approximate surface area is 163 Å². The van der Waals surface area contributed by atoms with Crippen molar-refractivity contribution in [2.45, 2.75) is 13.8 Å². The zero-order valence-electron chi connectivity index (χ0n) is 16.0. The third kappa shape index (κ3) is 5.49. The molecule has 0 saturated heterocycles. The van der Waals surface area contributed by atoms with Crippen LogP contribution in [0.4, 0.5) is 0 Å². The van der Waals surface area contributed by atoms with Crippen LogP contribution in [0.15, 0.2) is 109 Å². The fraction of sp³-hybridized carbons (Fsp3) is 0.0769. The van der Waals surface area contributed by atoms with Crippen molar-refractivity contribution in [1.82, 2.24) is 5.32 Å². The van der Waals surface area contributed by atoms with Crippen molar-refractivity contribution in [2.75, 3.05) is 0 Å². The number of hydrogen-bond acceptors (Lipinski definition) is 1. The predicted octanol–water partition coefficient (Wildman–Crippen LogP) is 6.51. The molecule has 2 aromatic rings. The summed E-state index contributed by atoms with van der Waals surface area (Å²) in [5.41, 5.74) is 6.79. The minimum Gasteiger partial charge on any atom is -0.355 e. The van der Waals surface area contributed by atoms with Crippen LogP contribution in [0.3, 0.4) is 0 Å². The van der Waals surface area contributed by atoms with Crippen molar-refractivity contribution in [2.24, 2.45) is 0 Å². The molecule has 134 valence electrons. The van der Waals surface area contributed by atoms with Gasteiger partial charge in [0.1, 0.15) is 0 Å². The van der Waals surface area contributed by atoms with E-state index in [-0.39, 0.29) is 0 Å². The number of hydrogen-bond donors (Lipinski definition) is 1. The highest BCUT2D eigenvalue weighted by molar-refractivity contribution is 5.78. The summed E-state index contributed by atoms with van der Waals surface area (Å²) in [5.74, 6) is 2.60. The summed E-state index contributed by atoms with van der Waals surface area (Å²) in [6.07, 6.45) is 13.4. The first-order valence-corrected chi connectivity index (χ1v) is 8.87. The molecule has 0 aliphatic rings. The van der Waals surface area contributed by atoms with Crippen molar-refractivity contribution >= 4 is 5.57 Å². The number of allylic oxidation sites excluding steroid dienone is 6. The van der Waals surface area contributed by atoms with E-state index >= 15 is 0 Å². The Kier molecular flexibility index (Phi) is 7.23. The summed E-state index contributed by atoms with van der Waals surface area (Å²) in [6.45, 7) is 11.9. The molecule has 0 spiro atoms. The van der Waals surface area contributed by atoms with E-state index in [4.69, 9.17) is 6.42 Å². The van der Waals surface area contributed by atoms with E-state index in [1.807, 2.05) is 38.1 Å². The van der Waals surface area contributed by atoms with Gasteiger partial charge in [0.2, 0.25) is 0 Å². The maximum atomic E-state index is 5.47. The van der Waals surface area contributed by atoms with Crippen molar-refractivity contribution < 1.29 is 0 Å². The molecule has 1 heteroatoms. The summed E-state index contributed by atoms with van der Waals surface area (Å²) in [6, 6.07) is 18.9. The van der Waals surface area contributed by atoms with Crippen LogP contribution < -0.4 is 5.32 Å². The van der Waals surface area contributed by atoms with Gasteiger partial charge in [0, 0.05) is 17.0 Å². The van der Waals surface area contributed by atoms with Gasteiger partial charge in [-0.15, -0.1) is 6.42 Å². The Hall–Kier alpha value is -3.50. The van der Waals surface area contributed by atoms with Gasteiger partial charge in [-0.2, -0.15) is 0 Å². The lowest BCUT2D eigenvalue weighted by Gasteiger charge is -2.10. The Morgan fingerprint density at radius 2 is 1.63 bits per heavy atom. The largest absolute Gasteiger partial charge is 0.355 e. The molecule has 1 nitrogen and oxygen atoms in total. The molecule has 0 aliphatic carbocycles. The maximum absolute atomic E-state index is 5.47. The molecule has 1 N–H and O–H groups in total. The van der Waals surface area contributed by atoms with Crippen LogP contribution in [0.1, 0.15) is 19.4 Å². The van der Waals surface area contributed by atoms with Crippen molar-refractivity contribution in [3.63, 3.8) is 0 Å². The van der Waals surface area contributed by atoms with Gasteiger partial charge < -0.3 is 5.32 Å². The molecule has 0 fully saturated rings. The molecule has 2 aromatic carbocycles. The first-order valence-electron chi connectivity index (χ1n) is 8.87. The van der Waals surface area contributed by atoms with E-state index < -0.39 is 0 Å². The van der Waals surface area contributed by atoms with Crippen molar-refractivity contribution in [3.8, 4) is 23.5 Å². The first kappa shape index (κ1) is 19.8. The van der Waals surface area contributed by atoms with Crippen LogP contribution in [-0.2, 0) is 0 Å². The molecule has 0 heterocycles. The Morgan fingerprint density at radius 1 is 0.926 bits per heavy atom. The van der Waals surface area contributed by atoms with E-state index in [0.717, 1.165) is 22.4 Å². The number of terminal acetylenes is 1. The molecular weight excluding hydrogens is 326 g/mol. The normalized spacial score (nSPS) is 11.9. The van der Waals surface area contributed by atoms with E-state index in [1.165, 1.54) is 11.1 Å². The Bertz CT molecular complexity index is 947. The third-order valence-corrected chi connectivity index (χ3v) is 4.16. The topological polar surface area (TPSA) is 12.0 Å². The van der Waals surface area contributed by atoms with Gasteiger partial charge in [0.15, 0.2) is 0 Å². The Morgan fingerprint density at radius 3 is 2.26 bits per heavy atom. The van der Waals surface area contributed by atoms with Crippen LogP contribution in [0.2, 0.25) is 0 Å². The summed E-state index contributed by atoms with van der Waals surface area (Å²) >= 11 is 0. The van der Waals surface area contributed by atoms with E-state index in [9.17, 15) is 0 Å². The lowest BCUT2D eigenvalue weighted by molar-refractivity contribution is 1.04. The number of nitrogens with one attached hydrogen (secondary N) is 1. The molecule has 0 amide bonds. The quantitative estimate of drug-likeness (QED) is 0.443. The fourth-order valence-corrected chi connectivity index (χ4v) is 2.71. The van der Waals surface area contributed by atoms with Gasteiger partial charge in [0.25, 0.3) is 0 Å². The Balaban J connectivity index is 2.16. The second kappa shape index (κ2) is 9.85. The van der Waals surface area contributed by atoms with Crippen LogP contribution in [0.25, 0.3) is 16.7 Å². The van der Waals surface area contributed by atoms with Gasteiger partial charge in [-0.05, 0) is 48.3 Å². The molecular formula is C26H25N. The summed E-state index contributed by atoms with van der Waals surface area (Å²) in [7, 11) is 0. The molecule has 0 aliphatic heterocycles.